The molecule has 0 aromatic heterocycles. The average molecular weight is 325 g/mol. The molecule has 2 fully saturated rings. The highest BCUT2D eigenvalue weighted by atomic mass is 16.6. The lowest BCUT2D eigenvalue weighted by molar-refractivity contribution is -0.148. The molecule has 6 nitrogen and oxygen atoms in total. The second kappa shape index (κ2) is 6.89. The van der Waals surface area contributed by atoms with Crippen LogP contribution in [0.4, 0.5) is 4.79 Å². The van der Waals surface area contributed by atoms with Crippen LogP contribution in [0.2, 0.25) is 0 Å². The number of fused-ring (bicyclic) bond motifs is 1. The van der Waals surface area contributed by atoms with Crippen molar-refractivity contribution in [1.29, 1.82) is 0 Å². The summed E-state index contributed by atoms with van der Waals surface area (Å²) in [4.78, 5) is 38.7. The van der Waals surface area contributed by atoms with Crippen LogP contribution >= 0.6 is 0 Å². The zero-order chi connectivity index (χ0) is 17.2. The molecule has 0 aromatic rings. The molecule has 1 heterocycles. The van der Waals surface area contributed by atoms with Gasteiger partial charge in [-0.3, -0.25) is 9.69 Å². The van der Waals surface area contributed by atoms with Crippen LogP contribution in [0.3, 0.4) is 0 Å². The number of carbonyl (C=O) groups excluding carboxylic acids is 3. The number of amides is 1. The number of esters is 1. The van der Waals surface area contributed by atoms with E-state index in [0.29, 0.717) is 12.8 Å². The molecule has 1 aliphatic heterocycles. The molecule has 0 bridgehead atoms. The van der Waals surface area contributed by atoms with Gasteiger partial charge in [0, 0.05) is 18.4 Å². The highest BCUT2D eigenvalue weighted by Gasteiger charge is 2.51. The monoisotopic (exact) mass is 325 g/mol. The number of likely N-dealkylation sites (tertiary alicyclic amines) is 1. The topological polar surface area (TPSA) is 72.9 Å². The number of ketones is 1. The van der Waals surface area contributed by atoms with Gasteiger partial charge in [0.15, 0.2) is 0 Å². The highest BCUT2D eigenvalue weighted by Crippen LogP contribution is 2.38. The third kappa shape index (κ3) is 4.03. The van der Waals surface area contributed by atoms with Gasteiger partial charge in [0.05, 0.1) is 6.61 Å². The summed E-state index contributed by atoms with van der Waals surface area (Å²) >= 11 is 0. The summed E-state index contributed by atoms with van der Waals surface area (Å²) in [6, 6.07) is -0.976. The van der Waals surface area contributed by atoms with Gasteiger partial charge in [0.25, 0.3) is 0 Å². The number of hydrogen-bond donors (Lipinski definition) is 0. The number of carbonyl (C=O) groups is 3. The van der Waals surface area contributed by atoms with Crippen molar-refractivity contribution in [1.82, 2.24) is 4.90 Å². The second-order valence-electron chi connectivity index (χ2n) is 7.28. The van der Waals surface area contributed by atoms with Gasteiger partial charge >= 0.3 is 12.1 Å². The zero-order valence-electron chi connectivity index (χ0n) is 14.5. The third-order valence-corrected chi connectivity index (χ3v) is 4.38. The maximum Gasteiger partial charge on any atom is 0.411 e. The van der Waals surface area contributed by atoms with Crippen LogP contribution in [0.1, 0.15) is 59.8 Å². The van der Waals surface area contributed by atoms with Crippen molar-refractivity contribution >= 4 is 17.8 Å². The van der Waals surface area contributed by atoms with E-state index in [1.165, 1.54) is 4.90 Å². The van der Waals surface area contributed by atoms with Crippen LogP contribution in [0.25, 0.3) is 0 Å². The number of ether oxygens (including phenoxy) is 2. The van der Waals surface area contributed by atoms with E-state index in [1.54, 1.807) is 27.7 Å². The molecular formula is C17H27NO5. The van der Waals surface area contributed by atoms with Gasteiger partial charge in [-0.15, -0.1) is 0 Å². The Bertz CT molecular complexity index is 482. The van der Waals surface area contributed by atoms with E-state index in [1.807, 2.05) is 0 Å². The van der Waals surface area contributed by atoms with E-state index in [9.17, 15) is 14.4 Å². The first-order valence-corrected chi connectivity index (χ1v) is 8.45. The Kier molecular flexibility index (Phi) is 5.32. The van der Waals surface area contributed by atoms with Crippen LogP contribution < -0.4 is 0 Å². The molecule has 0 N–H and O–H groups in total. The van der Waals surface area contributed by atoms with E-state index in [2.05, 4.69) is 0 Å². The minimum absolute atomic E-state index is 0.146. The summed E-state index contributed by atoms with van der Waals surface area (Å²) < 4.78 is 10.6. The Labute approximate surface area is 137 Å². The van der Waals surface area contributed by atoms with Crippen molar-refractivity contribution in [3.63, 3.8) is 0 Å². The molecule has 2 rings (SSSR count). The first-order valence-electron chi connectivity index (χ1n) is 8.45. The van der Waals surface area contributed by atoms with Gasteiger partial charge in [0.2, 0.25) is 0 Å². The summed E-state index contributed by atoms with van der Waals surface area (Å²) in [5.74, 6) is -0.577. The molecular weight excluding hydrogens is 298 g/mol. The zero-order valence-corrected chi connectivity index (χ0v) is 14.5. The van der Waals surface area contributed by atoms with Gasteiger partial charge in [-0.1, -0.05) is 6.42 Å². The van der Waals surface area contributed by atoms with Crippen LogP contribution in [-0.2, 0) is 19.1 Å². The molecule has 0 aromatic carbocycles. The van der Waals surface area contributed by atoms with Crippen molar-refractivity contribution in [2.45, 2.75) is 77.5 Å². The molecule has 3 atom stereocenters. The van der Waals surface area contributed by atoms with E-state index < -0.39 is 23.7 Å². The van der Waals surface area contributed by atoms with Crippen molar-refractivity contribution < 1.29 is 23.9 Å². The summed E-state index contributed by atoms with van der Waals surface area (Å²) in [5, 5.41) is 0. The van der Waals surface area contributed by atoms with Gasteiger partial charge in [-0.05, 0) is 47.0 Å². The van der Waals surface area contributed by atoms with Crippen LogP contribution in [0.5, 0.6) is 0 Å². The lowest BCUT2D eigenvalue weighted by Gasteiger charge is -2.32. The quantitative estimate of drug-likeness (QED) is 0.730. The summed E-state index contributed by atoms with van der Waals surface area (Å²) in [5.41, 5.74) is -0.650. The molecule has 0 unspecified atom stereocenters. The van der Waals surface area contributed by atoms with E-state index >= 15 is 0 Å². The molecule has 0 spiro atoms. The van der Waals surface area contributed by atoms with Gasteiger partial charge in [-0.25, -0.2) is 9.59 Å². The highest BCUT2D eigenvalue weighted by molar-refractivity contribution is 5.88. The molecule has 2 aliphatic rings. The summed E-state index contributed by atoms with van der Waals surface area (Å²) in [6.45, 7) is 7.34. The fourth-order valence-electron chi connectivity index (χ4n) is 3.49. The van der Waals surface area contributed by atoms with E-state index in [0.717, 1.165) is 19.3 Å². The molecule has 1 saturated carbocycles. The Hall–Kier alpha value is -1.59. The van der Waals surface area contributed by atoms with Gasteiger partial charge < -0.3 is 9.47 Å². The fraction of sp³-hybridized carbons (Fsp3) is 0.824. The van der Waals surface area contributed by atoms with Gasteiger partial charge in [0.1, 0.15) is 17.4 Å². The van der Waals surface area contributed by atoms with E-state index in [-0.39, 0.29) is 24.3 Å². The number of hydrogen-bond acceptors (Lipinski definition) is 5. The standard InChI is InChI=1S/C17H27NO5/c1-5-22-15(20)13-10-11-12(8-6-7-9-14(11)19)18(13)16(21)23-17(2,3)4/h11-13H,5-10H2,1-4H3/t11-,12+,13-/m0/s1. The second-order valence-corrected chi connectivity index (χ2v) is 7.28. The Balaban J connectivity index is 2.28. The van der Waals surface area contributed by atoms with Gasteiger partial charge in [-0.2, -0.15) is 0 Å². The minimum Gasteiger partial charge on any atom is -0.464 e. The Morgan fingerprint density at radius 3 is 2.57 bits per heavy atom. The Morgan fingerprint density at radius 1 is 1.26 bits per heavy atom. The van der Waals surface area contributed by atoms with Crippen molar-refractivity contribution in [2.24, 2.45) is 5.92 Å². The molecule has 23 heavy (non-hydrogen) atoms. The molecule has 130 valence electrons. The number of rotatable bonds is 2. The lowest BCUT2D eigenvalue weighted by Crippen LogP contribution is -2.48. The maximum atomic E-state index is 12.6. The number of nitrogens with zero attached hydrogens (tertiary/aromatic N) is 1. The fourth-order valence-corrected chi connectivity index (χ4v) is 3.49. The molecule has 1 aliphatic carbocycles. The molecule has 1 saturated heterocycles. The first-order chi connectivity index (χ1) is 10.7. The smallest absolute Gasteiger partial charge is 0.411 e. The summed E-state index contributed by atoms with van der Waals surface area (Å²) in [7, 11) is 0. The van der Waals surface area contributed by atoms with Crippen molar-refractivity contribution in [3.8, 4) is 0 Å². The van der Waals surface area contributed by atoms with Crippen LogP contribution in [0.15, 0.2) is 0 Å². The maximum absolute atomic E-state index is 12.6. The SMILES string of the molecule is CCOC(=O)[C@@H]1C[C@@H]2C(=O)CCCC[C@H]2N1C(=O)OC(C)(C)C. The largest absolute Gasteiger partial charge is 0.464 e. The predicted octanol–water partition coefficient (Wildman–Crippen LogP) is 2.69. The van der Waals surface area contributed by atoms with Crippen molar-refractivity contribution in [2.75, 3.05) is 6.61 Å². The van der Waals surface area contributed by atoms with Crippen LogP contribution in [-0.4, -0.2) is 47.0 Å². The Morgan fingerprint density at radius 2 is 1.96 bits per heavy atom. The normalized spacial score (nSPS) is 28.1. The van der Waals surface area contributed by atoms with Crippen molar-refractivity contribution in [3.05, 3.63) is 0 Å². The third-order valence-electron chi connectivity index (χ3n) is 4.38. The van der Waals surface area contributed by atoms with E-state index in [4.69, 9.17) is 9.47 Å². The molecule has 0 radical (unpaired) electrons. The molecule has 6 heteroatoms. The average Bonchev–Trinajstić information content (AvgIpc) is 2.72. The minimum atomic E-state index is -0.721. The first kappa shape index (κ1) is 17.8. The summed E-state index contributed by atoms with van der Waals surface area (Å²) in [6.07, 6.45) is 2.80. The van der Waals surface area contributed by atoms with Crippen LogP contribution in [0, 0.1) is 5.92 Å². The predicted molar refractivity (Wildman–Crippen MR) is 83.9 cm³/mol. The lowest BCUT2D eigenvalue weighted by atomic mass is 9.93. The molecule has 1 amide bonds. The number of Topliss-reactive ketones (excluding diaryl/α,β-unsaturated/α-hetero) is 1.